The highest BCUT2D eigenvalue weighted by molar-refractivity contribution is 5.84. The van der Waals surface area contributed by atoms with Gasteiger partial charge in [-0.05, 0) is 33.6 Å². The molecular formula is C11H21NO2. The molecule has 0 heterocycles. The van der Waals surface area contributed by atoms with Gasteiger partial charge in [0.1, 0.15) is 0 Å². The van der Waals surface area contributed by atoms with Gasteiger partial charge < -0.3 is 10.0 Å². The summed E-state index contributed by atoms with van der Waals surface area (Å²) in [6, 6.07) is 0. The van der Waals surface area contributed by atoms with Crippen LogP contribution in [0.3, 0.4) is 0 Å². The number of hydrogen-bond acceptors (Lipinski definition) is 2. The number of carbonyl (C=O) groups excluding carboxylic acids is 1. The molecule has 1 saturated carbocycles. The van der Waals surface area contributed by atoms with E-state index in [9.17, 15) is 9.90 Å². The molecule has 1 rings (SSSR count). The van der Waals surface area contributed by atoms with Crippen molar-refractivity contribution in [3.8, 4) is 0 Å². The zero-order chi connectivity index (χ0) is 11.0. The van der Waals surface area contributed by atoms with Crippen LogP contribution in [-0.2, 0) is 4.79 Å². The molecular weight excluding hydrogens is 178 g/mol. The largest absolute Gasteiger partial charge is 0.395 e. The van der Waals surface area contributed by atoms with E-state index < -0.39 is 5.41 Å². The number of hydrogen-bond donors (Lipinski definition) is 1. The van der Waals surface area contributed by atoms with E-state index in [2.05, 4.69) is 0 Å². The minimum Gasteiger partial charge on any atom is -0.395 e. The van der Waals surface area contributed by atoms with Crippen LogP contribution in [-0.4, -0.2) is 35.1 Å². The molecule has 0 unspecified atom stereocenters. The van der Waals surface area contributed by atoms with Crippen LogP contribution in [0.2, 0.25) is 0 Å². The van der Waals surface area contributed by atoms with Crippen molar-refractivity contribution >= 4 is 5.91 Å². The Bertz CT molecular complexity index is 220. The lowest BCUT2D eigenvalue weighted by Gasteiger charge is -2.45. The highest BCUT2D eigenvalue weighted by Gasteiger charge is 2.46. The lowest BCUT2D eigenvalue weighted by atomic mass is 9.68. The number of carbonyl (C=O) groups is 1. The van der Waals surface area contributed by atoms with Crippen molar-refractivity contribution in [3.05, 3.63) is 0 Å². The van der Waals surface area contributed by atoms with Crippen LogP contribution in [0.1, 0.15) is 40.0 Å². The zero-order valence-electron chi connectivity index (χ0n) is 9.63. The summed E-state index contributed by atoms with van der Waals surface area (Å²) in [7, 11) is 1.82. The molecule has 3 nitrogen and oxygen atoms in total. The van der Waals surface area contributed by atoms with Crippen molar-refractivity contribution < 1.29 is 9.90 Å². The maximum Gasteiger partial charge on any atom is 0.231 e. The Kier molecular flexibility index (Phi) is 2.91. The Morgan fingerprint density at radius 3 is 2.14 bits per heavy atom. The van der Waals surface area contributed by atoms with E-state index in [0.717, 1.165) is 19.3 Å². The molecule has 0 bridgehead atoms. The third-order valence-corrected chi connectivity index (χ3v) is 3.38. The standard InChI is InChI=1S/C11H21NO2/c1-10(2,3)12(4)9(14)11(8-13)6-5-7-11/h13H,5-8H2,1-4H3. The molecule has 0 aromatic carbocycles. The summed E-state index contributed by atoms with van der Waals surface area (Å²) in [4.78, 5) is 13.8. The lowest BCUT2D eigenvalue weighted by Crippen LogP contribution is -2.54. The van der Waals surface area contributed by atoms with Crippen LogP contribution in [0.4, 0.5) is 0 Å². The quantitative estimate of drug-likeness (QED) is 0.730. The molecule has 1 aliphatic rings. The number of aliphatic hydroxyl groups is 1. The number of amides is 1. The van der Waals surface area contributed by atoms with Crippen LogP contribution < -0.4 is 0 Å². The summed E-state index contributed by atoms with van der Waals surface area (Å²) in [5.74, 6) is 0.0961. The molecule has 0 aromatic rings. The van der Waals surface area contributed by atoms with Crippen molar-refractivity contribution in [1.29, 1.82) is 0 Å². The maximum atomic E-state index is 12.1. The second-order valence-corrected chi connectivity index (χ2v) is 5.33. The van der Waals surface area contributed by atoms with Crippen LogP contribution in [0.5, 0.6) is 0 Å². The Morgan fingerprint density at radius 2 is 1.93 bits per heavy atom. The van der Waals surface area contributed by atoms with Crippen LogP contribution >= 0.6 is 0 Å². The molecule has 1 N–H and O–H groups in total. The van der Waals surface area contributed by atoms with Crippen molar-refractivity contribution in [2.75, 3.05) is 13.7 Å². The van der Waals surface area contributed by atoms with E-state index in [1.54, 1.807) is 4.90 Å². The molecule has 1 amide bonds. The van der Waals surface area contributed by atoms with Gasteiger partial charge in [-0.2, -0.15) is 0 Å². The van der Waals surface area contributed by atoms with Crippen molar-refractivity contribution in [1.82, 2.24) is 4.90 Å². The predicted molar refractivity (Wildman–Crippen MR) is 55.9 cm³/mol. The van der Waals surface area contributed by atoms with Gasteiger partial charge in [0.2, 0.25) is 5.91 Å². The first-order chi connectivity index (χ1) is 6.33. The summed E-state index contributed by atoms with van der Waals surface area (Å²) < 4.78 is 0. The third-order valence-electron chi connectivity index (χ3n) is 3.38. The predicted octanol–water partition coefficient (Wildman–Crippen LogP) is 1.41. The van der Waals surface area contributed by atoms with E-state index in [-0.39, 0.29) is 18.1 Å². The van der Waals surface area contributed by atoms with Gasteiger partial charge in [0.25, 0.3) is 0 Å². The molecule has 3 heteroatoms. The summed E-state index contributed by atoms with van der Waals surface area (Å²) in [5, 5.41) is 9.27. The van der Waals surface area contributed by atoms with Crippen molar-refractivity contribution in [3.63, 3.8) is 0 Å². The van der Waals surface area contributed by atoms with Gasteiger partial charge in [0, 0.05) is 12.6 Å². The minimum atomic E-state index is -0.456. The van der Waals surface area contributed by atoms with Gasteiger partial charge in [-0.1, -0.05) is 6.42 Å². The average Bonchev–Trinajstić information content (AvgIpc) is 2.00. The topological polar surface area (TPSA) is 40.5 Å². The molecule has 0 atom stereocenters. The monoisotopic (exact) mass is 199 g/mol. The fraction of sp³-hybridized carbons (Fsp3) is 0.909. The average molecular weight is 199 g/mol. The molecule has 0 aliphatic heterocycles. The van der Waals surface area contributed by atoms with Gasteiger partial charge in [0.15, 0.2) is 0 Å². The molecule has 1 aliphatic carbocycles. The number of rotatable bonds is 2. The van der Waals surface area contributed by atoms with E-state index in [0.29, 0.717) is 0 Å². The van der Waals surface area contributed by atoms with Gasteiger partial charge in [0.05, 0.1) is 12.0 Å². The minimum absolute atomic E-state index is 0.00769. The first-order valence-electron chi connectivity index (χ1n) is 5.23. The fourth-order valence-corrected chi connectivity index (χ4v) is 1.70. The Balaban J connectivity index is 2.74. The highest BCUT2D eigenvalue weighted by atomic mass is 16.3. The number of aliphatic hydroxyl groups excluding tert-OH is 1. The van der Waals surface area contributed by atoms with Crippen molar-refractivity contribution in [2.24, 2.45) is 5.41 Å². The van der Waals surface area contributed by atoms with Crippen LogP contribution in [0, 0.1) is 5.41 Å². The Labute approximate surface area is 86.1 Å². The molecule has 1 fully saturated rings. The lowest BCUT2D eigenvalue weighted by molar-refractivity contribution is -0.154. The van der Waals surface area contributed by atoms with E-state index in [1.807, 2.05) is 27.8 Å². The maximum absolute atomic E-state index is 12.1. The van der Waals surface area contributed by atoms with Gasteiger partial charge in [-0.15, -0.1) is 0 Å². The summed E-state index contributed by atoms with van der Waals surface area (Å²) >= 11 is 0. The summed E-state index contributed by atoms with van der Waals surface area (Å²) in [6.45, 7) is 6.02. The van der Waals surface area contributed by atoms with Crippen molar-refractivity contribution in [2.45, 2.75) is 45.6 Å². The second kappa shape index (κ2) is 3.54. The van der Waals surface area contributed by atoms with Gasteiger partial charge >= 0.3 is 0 Å². The smallest absolute Gasteiger partial charge is 0.231 e. The molecule has 14 heavy (non-hydrogen) atoms. The Morgan fingerprint density at radius 1 is 1.43 bits per heavy atom. The van der Waals surface area contributed by atoms with Gasteiger partial charge in [-0.3, -0.25) is 4.79 Å². The molecule has 0 spiro atoms. The second-order valence-electron chi connectivity index (χ2n) is 5.33. The first-order valence-corrected chi connectivity index (χ1v) is 5.23. The summed E-state index contributed by atoms with van der Waals surface area (Å²) in [5.41, 5.74) is -0.614. The Hall–Kier alpha value is -0.570. The van der Waals surface area contributed by atoms with Gasteiger partial charge in [-0.25, -0.2) is 0 Å². The summed E-state index contributed by atoms with van der Waals surface area (Å²) in [6.07, 6.45) is 2.73. The first kappa shape index (κ1) is 11.5. The SMILES string of the molecule is CN(C(=O)C1(CO)CCC1)C(C)(C)C. The molecule has 0 aromatic heterocycles. The highest BCUT2D eigenvalue weighted by Crippen LogP contribution is 2.42. The van der Waals surface area contributed by atoms with E-state index >= 15 is 0 Å². The molecule has 82 valence electrons. The van der Waals surface area contributed by atoms with Crippen LogP contribution in [0.25, 0.3) is 0 Å². The normalized spacial score (nSPS) is 20.1. The zero-order valence-corrected chi connectivity index (χ0v) is 9.63. The molecule has 0 radical (unpaired) electrons. The number of nitrogens with zero attached hydrogens (tertiary/aromatic N) is 1. The van der Waals surface area contributed by atoms with E-state index in [4.69, 9.17) is 0 Å². The van der Waals surface area contributed by atoms with Crippen LogP contribution in [0.15, 0.2) is 0 Å². The fourth-order valence-electron chi connectivity index (χ4n) is 1.70. The molecule has 0 saturated heterocycles. The third kappa shape index (κ3) is 1.78. The van der Waals surface area contributed by atoms with E-state index in [1.165, 1.54) is 0 Å².